The SMILES string of the molecule is c1ccc2c(c1)Cc1c-2ccc2c1Cc1cc3c4c(c1-2)Cc1ccncc1N4c1ncccc1C3. The zero-order chi connectivity index (χ0) is 22.7. The summed E-state index contributed by atoms with van der Waals surface area (Å²) in [7, 11) is 0. The Morgan fingerprint density at radius 1 is 0.600 bits per heavy atom. The van der Waals surface area contributed by atoms with Gasteiger partial charge < -0.3 is 0 Å². The third-order valence-corrected chi connectivity index (χ3v) is 8.48. The molecule has 2 aromatic heterocycles. The molecule has 0 saturated heterocycles. The minimum absolute atomic E-state index is 0.935. The highest BCUT2D eigenvalue weighted by molar-refractivity contribution is 5.96. The molecule has 5 aromatic rings. The lowest BCUT2D eigenvalue weighted by atomic mass is 9.83. The zero-order valence-corrected chi connectivity index (χ0v) is 19.2. The Kier molecular flexibility index (Phi) is 3.24. The molecule has 0 saturated carbocycles. The van der Waals surface area contributed by atoms with Crippen LogP contribution in [-0.2, 0) is 25.7 Å². The summed E-state index contributed by atoms with van der Waals surface area (Å²) in [6.07, 6.45) is 9.81. The van der Waals surface area contributed by atoms with Crippen molar-refractivity contribution in [3.8, 4) is 22.3 Å². The minimum atomic E-state index is 0.935. The van der Waals surface area contributed by atoms with E-state index in [1.54, 1.807) is 0 Å². The Hall–Kier alpha value is -4.24. The van der Waals surface area contributed by atoms with Crippen molar-refractivity contribution in [2.75, 3.05) is 4.90 Å². The lowest BCUT2D eigenvalue weighted by Crippen LogP contribution is -2.26. The molecular weight excluding hydrogens is 426 g/mol. The molecule has 9 rings (SSSR count). The van der Waals surface area contributed by atoms with Gasteiger partial charge in [-0.05, 0) is 91.7 Å². The monoisotopic (exact) mass is 447 g/mol. The average Bonchev–Trinajstić information content (AvgIpc) is 3.46. The third kappa shape index (κ3) is 2.21. The topological polar surface area (TPSA) is 29.0 Å². The third-order valence-electron chi connectivity index (χ3n) is 8.48. The molecule has 164 valence electrons. The summed E-state index contributed by atoms with van der Waals surface area (Å²) < 4.78 is 0. The van der Waals surface area contributed by atoms with Crippen molar-refractivity contribution in [2.45, 2.75) is 25.7 Å². The van der Waals surface area contributed by atoms with Crippen LogP contribution < -0.4 is 4.90 Å². The van der Waals surface area contributed by atoms with E-state index < -0.39 is 0 Å². The van der Waals surface area contributed by atoms with Crippen LogP contribution in [0.2, 0.25) is 0 Å². The van der Waals surface area contributed by atoms with Gasteiger partial charge in [-0.15, -0.1) is 0 Å². The van der Waals surface area contributed by atoms with E-state index in [1.165, 1.54) is 78.1 Å². The fourth-order valence-electron chi connectivity index (χ4n) is 7.09. The van der Waals surface area contributed by atoms with Crippen LogP contribution in [0, 0.1) is 0 Å². The van der Waals surface area contributed by atoms with E-state index in [4.69, 9.17) is 4.98 Å². The van der Waals surface area contributed by atoms with Gasteiger partial charge in [0.05, 0.1) is 17.6 Å². The Labute approximate surface area is 203 Å². The second kappa shape index (κ2) is 6.25. The van der Waals surface area contributed by atoms with Gasteiger partial charge in [0.1, 0.15) is 5.82 Å². The van der Waals surface area contributed by atoms with Crippen LogP contribution in [0.15, 0.2) is 79.3 Å². The van der Waals surface area contributed by atoms with Gasteiger partial charge in [-0.1, -0.05) is 48.5 Å². The number of anilines is 3. The predicted molar refractivity (Wildman–Crippen MR) is 139 cm³/mol. The summed E-state index contributed by atoms with van der Waals surface area (Å²) in [4.78, 5) is 11.7. The van der Waals surface area contributed by atoms with Crippen molar-refractivity contribution in [2.24, 2.45) is 0 Å². The van der Waals surface area contributed by atoms with Crippen LogP contribution in [0.5, 0.6) is 0 Å². The number of fused-ring (bicyclic) bond motifs is 12. The quantitative estimate of drug-likeness (QED) is 0.253. The summed E-state index contributed by atoms with van der Waals surface area (Å²) in [5.74, 6) is 1.05. The lowest BCUT2D eigenvalue weighted by molar-refractivity contribution is 0.971. The first-order valence-electron chi connectivity index (χ1n) is 12.4. The largest absolute Gasteiger partial charge is 0.292 e. The molecule has 0 N–H and O–H groups in total. The van der Waals surface area contributed by atoms with Gasteiger partial charge in [0.15, 0.2) is 0 Å². The maximum Gasteiger partial charge on any atom is 0.141 e. The van der Waals surface area contributed by atoms with Gasteiger partial charge in [-0.2, -0.15) is 0 Å². The van der Waals surface area contributed by atoms with Gasteiger partial charge in [-0.25, -0.2) is 4.98 Å². The zero-order valence-electron chi connectivity index (χ0n) is 19.2. The number of aromatic nitrogens is 2. The van der Waals surface area contributed by atoms with E-state index in [-0.39, 0.29) is 0 Å². The Bertz CT molecular complexity index is 1750. The van der Waals surface area contributed by atoms with Crippen LogP contribution in [-0.4, -0.2) is 9.97 Å². The predicted octanol–water partition coefficient (Wildman–Crippen LogP) is 6.90. The Morgan fingerprint density at radius 3 is 2.43 bits per heavy atom. The summed E-state index contributed by atoms with van der Waals surface area (Å²) in [5.41, 5.74) is 19.8. The fraction of sp³-hybridized carbons (Fsp3) is 0.125. The molecule has 0 fully saturated rings. The molecule has 0 amide bonds. The number of rotatable bonds is 0. The molecule has 3 nitrogen and oxygen atoms in total. The summed E-state index contributed by atoms with van der Waals surface area (Å²) in [6.45, 7) is 0. The molecule has 2 aliphatic heterocycles. The van der Waals surface area contributed by atoms with Crippen molar-refractivity contribution in [3.05, 3.63) is 124 Å². The molecule has 3 heteroatoms. The van der Waals surface area contributed by atoms with E-state index >= 15 is 0 Å². The normalized spacial score (nSPS) is 14.9. The number of pyridine rings is 2. The van der Waals surface area contributed by atoms with E-state index in [0.29, 0.717) is 0 Å². The van der Waals surface area contributed by atoms with Crippen LogP contribution in [0.25, 0.3) is 22.3 Å². The number of hydrogen-bond acceptors (Lipinski definition) is 3. The molecule has 35 heavy (non-hydrogen) atoms. The average molecular weight is 448 g/mol. The van der Waals surface area contributed by atoms with E-state index in [2.05, 4.69) is 70.5 Å². The molecular formula is C32H21N3. The minimum Gasteiger partial charge on any atom is -0.292 e. The van der Waals surface area contributed by atoms with Crippen LogP contribution in [0.1, 0.15) is 44.5 Å². The van der Waals surface area contributed by atoms with Gasteiger partial charge in [-0.3, -0.25) is 9.88 Å². The molecule has 0 radical (unpaired) electrons. The first kappa shape index (κ1) is 18.1. The summed E-state index contributed by atoms with van der Waals surface area (Å²) in [5, 5.41) is 0. The molecule has 0 atom stereocenters. The van der Waals surface area contributed by atoms with Crippen molar-refractivity contribution >= 4 is 17.2 Å². The smallest absolute Gasteiger partial charge is 0.141 e. The Balaban J connectivity index is 1.32. The summed E-state index contributed by atoms with van der Waals surface area (Å²) >= 11 is 0. The second-order valence-electron chi connectivity index (χ2n) is 10.2. The highest BCUT2D eigenvalue weighted by Gasteiger charge is 2.38. The number of benzene rings is 3. The molecule has 2 aliphatic carbocycles. The molecule has 0 unspecified atom stereocenters. The van der Waals surface area contributed by atoms with Crippen LogP contribution in [0.4, 0.5) is 17.2 Å². The first-order valence-corrected chi connectivity index (χ1v) is 12.4. The van der Waals surface area contributed by atoms with Gasteiger partial charge in [0, 0.05) is 25.2 Å². The second-order valence-corrected chi connectivity index (χ2v) is 10.2. The van der Waals surface area contributed by atoms with Crippen LogP contribution >= 0.6 is 0 Å². The number of nitrogens with zero attached hydrogens (tertiary/aromatic N) is 3. The molecule has 0 spiro atoms. The van der Waals surface area contributed by atoms with E-state index in [1.807, 2.05) is 18.6 Å². The maximum atomic E-state index is 4.85. The van der Waals surface area contributed by atoms with Gasteiger partial charge in [0.2, 0.25) is 0 Å². The fourth-order valence-corrected chi connectivity index (χ4v) is 7.09. The standard InChI is InChI=1S/C32H21N3/c1-2-6-23-18(4-1)14-26-24(23)7-8-25-27(26)16-21-13-22-12-20-5-3-10-34-32(20)35-29-17-33-11-9-19(29)15-28(30(21)25)31(22)35/h1-11,13,17H,12,14-16H2. The van der Waals surface area contributed by atoms with Gasteiger partial charge >= 0.3 is 0 Å². The van der Waals surface area contributed by atoms with E-state index in [0.717, 1.165) is 31.5 Å². The van der Waals surface area contributed by atoms with Crippen LogP contribution in [0.3, 0.4) is 0 Å². The highest BCUT2D eigenvalue weighted by Crippen LogP contribution is 2.55. The van der Waals surface area contributed by atoms with E-state index in [9.17, 15) is 0 Å². The maximum absolute atomic E-state index is 4.85. The van der Waals surface area contributed by atoms with Gasteiger partial charge in [0.25, 0.3) is 0 Å². The first-order chi connectivity index (χ1) is 17.3. The van der Waals surface area contributed by atoms with Crippen molar-refractivity contribution in [1.82, 2.24) is 9.97 Å². The molecule has 0 bridgehead atoms. The molecule has 4 aliphatic rings. The van der Waals surface area contributed by atoms with Crippen molar-refractivity contribution < 1.29 is 0 Å². The highest BCUT2D eigenvalue weighted by atomic mass is 15.2. The van der Waals surface area contributed by atoms with Crippen molar-refractivity contribution in [3.63, 3.8) is 0 Å². The van der Waals surface area contributed by atoms with Crippen molar-refractivity contribution in [1.29, 1.82) is 0 Å². The summed E-state index contributed by atoms with van der Waals surface area (Å²) in [6, 6.07) is 22.6. The molecule has 3 aromatic carbocycles. The Morgan fingerprint density at radius 2 is 1.43 bits per heavy atom. The number of hydrogen-bond donors (Lipinski definition) is 0. The lowest BCUT2D eigenvalue weighted by Gasteiger charge is -2.39. The molecule has 4 heterocycles.